The number of anilines is 1. The van der Waals surface area contributed by atoms with Crippen molar-refractivity contribution in [2.45, 2.75) is 19.4 Å². The summed E-state index contributed by atoms with van der Waals surface area (Å²) in [5.74, 6) is 3.31. The number of rotatable bonds is 4. The zero-order chi connectivity index (χ0) is 15.1. The normalized spacial score (nSPS) is 17.6. The monoisotopic (exact) mass is 417 g/mol. The molecule has 1 saturated heterocycles. The second kappa shape index (κ2) is 9.46. The van der Waals surface area contributed by atoms with E-state index in [9.17, 15) is 4.39 Å². The topological polar surface area (TPSA) is 52.6 Å². The van der Waals surface area contributed by atoms with Gasteiger partial charge in [0.2, 0.25) is 0 Å². The molecule has 0 spiro atoms. The van der Waals surface area contributed by atoms with Crippen molar-refractivity contribution in [3.63, 3.8) is 0 Å². The standard InChI is InChI=1S/C15H20FN5.HI/c1-3-8-19-15(17-4-2)20-12-7-10-21(11-12)14-13(16)6-5-9-18-14;/h1,5-6,9,12H,4,7-8,10-11H2,2H3,(H2,17,19,20);1H. The van der Waals surface area contributed by atoms with Crippen molar-refractivity contribution in [3.05, 3.63) is 24.1 Å². The number of nitrogens with one attached hydrogen (secondary N) is 2. The minimum absolute atomic E-state index is 0. The van der Waals surface area contributed by atoms with Crippen molar-refractivity contribution in [1.82, 2.24) is 15.6 Å². The molecule has 0 amide bonds. The van der Waals surface area contributed by atoms with E-state index in [-0.39, 0.29) is 35.8 Å². The second-order valence-electron chi connectivity index (χ2n) is 4.78. The van der Waals surface area contributed by atoms with Gasteiger partial charge in [-0.3, -0.25) is 0 Å². The second-order valence-corrected chi connectivity index (χ2v) is 4.78. The largest absolute Gasteiger partial charge is 0.357 e. The van der Waals surface area contributed by atoms with Crippen molar-refractivity contribution in [2.75, 3.05) is 31.1 Å². The van der Waals surface area contributed by atoms with Gasteiger partial charge in [-0.1, -0.05) is 5.92 Å². The third-order valence-corrected chi connectivity index (χ3v) is 3.24. The molecule has 1 aliphatic rings. The Morgan fingerprint density at radius 1 is 1.64 bits per heavy atom. The maximum Gasteiger partial charge on any atom is 0.192 e. The molecule has 7 heteroatoms. The molecule has 1 fully saturated rings. The lowest BCUT2D eigenvalue weighted by Gasteiger charge is -2.19. The molecule has 22 heavy (non-hydrogen) atoms. The Kier molecular flexibility index (Phi) is 7.95. The molecule has 0 bridgehead atoms. The third kappa shape index (κ3) is 5.02. The molecule has 2 N–H and O–H groups in total. The number of nitrogens with zero attached hydrogens (tertiary/aromatic N) is 3. The molecular formula is C15H21FIN5. The van der Waals surface area contributed by atoms with Crippen LogP contribution in [0.4, 0.5) is 10.2 Å². The van der Waals surface area contributed by atoms with Gasteiger partial charge in [-0.25, -0.2) is 14.4 Å². The zero-order valence-corrected chi connectivity index (χ0v) is 14.9. The van der Waals surface area contributed by atoms with Gasteiger partial charge in [-0.05, 0) is 25.5 Å². The van der Waals surface area contributed by atoms with Gasteiger partial charge >= 0.3 is 0 Å². The van der Waals surface area contributed by atoms with Crippen LogP contribution in [0, 0.1) is 18.2 Å². The summed E-state index contributed by atoms with van der Waals surface area (Å²) < 4.78 is 13.7. The minimum Gasteiger partial charge on any atom is -0.357 e. The molecule has 1 aromatic heterocycles. The van der Waals surface area contributed by atoms with Crippen LogP contribution >= 0.6 is 24.0 Å². The SMILES string of the molecule is C#CCN=C(NCC)NC1CCN(c2ncccc2F)C1.I. The fourth-order valence-corrected chi connectivity index (χ4v) is 2.32. The quantitative estimate of drug-likeness (QED) is 0.338. The summed E-state index contributed by atoms with van der Waals surface area (Å²) >= 11 is 0. The molecule has 5 nitrogen and oxygen atoms in total. The predicted molar refractivity (Wildman–Crippen MR) is 98.2 cm³/mol. The van der Waals surface area contributed by atoms with Gasteiger partial charge in [0.05, 0.1) is 0 Å². The lowest BCUT2D eigenvalue weighted by molar-refractivity contribution is 0.612. The van der Waals surface area contributed by atoms with E-state index in [1.807, 2.05) is 11.8 Å². The van der Waals surface area contributed by atoms with Gasteiger partial charge in [-0.2, -0.15) is 0 Å². The molecule has 2 heterocycles. The summed E-state index contributed by atoms with van der Waals surface area (Å²) in [5.41, 5.74) is 0. The molecule has 1 aliphatic heterocycles. The zero-order valence-electron chi connectivity index (χ0n) is 12.6. The molecule has 1 atom stereocenters. The van der Waals surface area contributed by atoms with E-state index in [4.69, 9.17) is 6.42 Å². The van der Waals surface area contributed by atoms with Crippen molar-refractivity contribution in [3.8, 4) is 12.3 Å². The average Bonchev–Trinajstić information content (AvgIpc) is 2.94. The third-order valence-electron chi connectivity index (χ3n) is 3.24. The van der Waals surface area contributed by atoms with E-state index in [0.29, 0.717) is 24.9 Å². The average molecular weight is 417 g/mol. The predicted octanol–water partition coefficient (Wildman–Crippen LogP) is 1.61. The number of hydrogen-bond acceptors (Lipinski definition) is 3. The van der Waals surface area contributed by atoms with Crippen LogP contribution in [-0.4, -0.2) is 43.2 Å². The Balaban J connectivity index is 0.00000242. The first-order valence-electron chi connectivity index (χ1n) is 7.08. The highest BCUT2D eigenvalue weighted by atomic mass is 127. The van der Waals surface area contributed by atoms with E-state index in [0.717, 1.165) is 19.5 Å². The number of aliphatic imine (C=N–C) groups is 1. The summed E-state index contributed by atoms with van der Waals surface area (Å²) in [7, 11) is 0. The van der Waals surface area contributed by atoms with Crippen molar-refractivity contribution in [2.24, 2.45) is 4.99 Å². The minimum atomic E-state index is -0.286. The van der Waals surface area contributed by atoms with E-state index >= 15 is 0 Å². The Labute approximate surface area is 147 Å². The molecule has 1 aromatic rings. The fraction of sp³-hybridized carbons (Fsp3) is 0.467. The van der Waals surface area contributed by atoms with Crippen molar-refractivity contribution >= 4 is 35.8 Å². The smallest absolute Gasteiger partial charge is 0.192 e. The summed E-state index contributed by atoms with van der Waals surface area (Å²) in [6.07, 6.45) is 7.73. The Bertz CT molecular complexity index is 543. The molecule has 0 aliphatic carbocycles. The summed E-state index contributed by atoms with van der Waals surface area (Å²) in [5, 5.41) is 6.47. The van der Waals surface area contributed by atoms with Crippen LogP contribution in [0.3, 0.4) is 0 Å². The maximum absolute atomic E-state index is 13.7. The first kappa shape index (κ1) is 18.5. The van der Waals surface area contributed by atoms with Gasteiger partial charge in [0.15, 0.2) is 17.6 Å². The first-order valence-corrected chi connectivity index (χ1v) is 7.08. The number of guanidine groups is 1. The number of aromatic nitrogens is 1. The molecule has 120 valence electrons. The number of halogens is 2. The van der Waals surface area contributed by atoms with Crippen LogP contribution < -0.4 is 15.5 Å². The summed E-state index contributed by atoms with van der Waals surface area (Å²) in [6, 6.07) is 3.23. The fourth-order valence-electron chi connectivity index (χ4n) is 2.32. The van der Waals surface area contributed by atoms with Crippen molar-refractivity contribution < 1.29 is 4.39 Å². The van der Waals surface area contributed by atoms with Crippen molar-refractivity contribution in [1.29, 1.82) is 0 Å². The van der Waals surface area contributed by atoms with Gasteiger partial charge in [0.25, 0.3) is 0 Å². The van der Waals surface area contributed by atoms with Crippen LogP contribution in [-0.2, 0) is 0 Å². The molecule has 0 aromatic carbocycles. The number of hydrogen-bond donors (Lipinski definition) is 2. The van der Waals surface area contributed by atoms with E-state index < -0.39 is 0 Å². The van der Waals surface area contributed by atoms with Crippen LogP contribution in [0.1, 0.15) is 13.3 Å². The Morgan fingerprint density at radius 2 is 2.45 bits per heavy atom. The summed E-state index contributed by atoms with van der Waals surface area (Å²) in [4.78, 5) is 10.3. The van der Waals surface area contributed by atoms with Crippen LogP contribution in [0.5, 0.6) is 0 Å². The van der Waals surface area contributed by atoms with E-state index in [2.05, 4.69) is 26.5 Å². The maximum atomic E-state index is 13.7. The van der Waals surface area contributed by atoms with Gasteiger partial charge < -0.3 is 15.5 Å². The van der Waals surface area contributed by atoms with Crippen LogP contribution in [0.25, 0.3) is 0 Å². The highest BCUT2D eigenvalue weighted by Gasteiger charge is 2.25. The van der Waals surface area contributed by atoms with Gasteiger partial charge in [0, 0.05) is 31.9 Å². The molecule has 0 radical (unpaired) electrons. The lowest BCUT2D eigenvalue weighted by Crippen LogP contribution is -2.44. The number of pyridine rings is 1. The Morgan fingerprint density at radius 3 is 3.14 bits per heavy atom. The highest BCUT2D eigenvalue weighted by Crippen LogP contribution is 2.20. The van der Waals surface area contributed by atoms with E-state index in [1.165, 1.54) is 6.07 Å². The van der Waals surface area contributed by atoms with Gasteiger partial charge in [-0.15, -0.1) is 30.4 Å². The highest BCUT2D eigenvalue weighted by molar-refractivity contribution is 14.0. The van der Waals surface area contributed by atoms with Crippen LogP contribution in [0.15, 0.2) is 23.3 Å². The van der Waals surface area contributed by atoms with Gasteiger partial charge in [0.1, 0.15) is 6.54 Å². The molecule has 0 saturated carbocycles. The van der Waals surface area contributed by atoms with E-state index in [1.54, 1.807) is 12.3 Å². The lowest BCUT2D eigenvalue weighted by atomic mass is 10.3. The Hall–Kier alpha value is -1.56. The number of terminal acetylenes is 1. The molecular weight excluding hydrogens is 396 g/mol. The van der Waals surface area contributed by atoms with Crippen LogP contribution in [0.2, 0.25) is 0 Å². The first-order chi connectivity index (χ1) is 10.2. The summed E-state index contributed by atoms with van der Waals surface area (Å²) in [6.45, 7) is 4.55. The molecule has 1 unspecified atom stereocenters. The molecule has 2 rings (SSSR count).